The van der Waals surface area contributed by atoms with Crippen molar-refractivity contribution in [2.24, 2.45) is 0 Å². The van der Waals surface area contributed by atoms with Crippen LogP contribution in [0.2, 0.25) is 5.02 Å². The van der Waals surface area contributed by atoms with Gasteiger partial charge in [0.25, 0.3) is 5.91 Å². The number of halogens is 1. The van der Waals surface area contributed by atoms with Crippen molar-refractivity contribution in [2.75, 3.05) is 25.9 Å². The van der Waals surface area contributed by atoms with E-state index >= 15 is 0 Å². The fourth-order valence-electron chi connectivity index (χ4n) is 3.21. The van der Waals surface area contributed by atoms with Crippen LogP contribution in [-0.2, 0) is 11.3 Å². The molecule has 0 aliphatic carbocycles. The monoisotopic (exact) mass is 375 g/mol. The molecule has 1 unspecified atom stereocenters. The first-order valence-corrected chi connectivity index (χ1v) is 10.00. The standard InChI is InChI=1S/C20H23ClN2OS/c1-15-7-3-4-8-16(15)13-22(2)14-19(24)23-11-12-25-20(23)17-9-5-6-10-18(17)21/h3-10,20H,11-14H2,1-2H3/p+1/t20-/m1/s1. The Balaban J connectivity index is 1.66. The van der Waals surface area contributed by atoms with Gasteiger partial charge in [0.1, 0.15) is 11.9 Å². The molecule has 1 N–H and O–H groups in total. The first-order valence-electron chi connectivity index (χ1n) is 8.57. The van der Waals surface area contributed by atoms with E-state index in [0.717, 1.165) is 29.4 Å². The maximum atomic E-state index is 12.9. The van der Waals surface area contributed by atoms with Gasteiger partial charge in [-0.05, 0) is 18.6 Å². The van der Waals surface area contributed by atoms with E-state index in [1.807, 2.05) is 29.2 Å². The van der Waals surface area contributed by atoms with Crippen LogP contribution >= 0.6 is 23.4 Å². The van der Waals surface area contributed by atoms with Crippen molar-refractivity contribution in [3.8, 4) is 0 Å². The average Bonchev–Trinajstić information content (AvgIpc) is 3.07. The van der Waals surface area contributed by atoms with Gasteiger partial charge in [-0.2, -0.15) is 0 Å². The van der Waals surface area contributed by atoms with Crippen molar-refractivity contribution >= 4 is 29.3 Å². The van der Waals surface area contributed by atoms with Crippen molar-refractivity contribution in [3.05, 3.63) is 70.2 Å². The molecule has 0 radical (unpaired) electrons. The number of hydrogen-bond donors (Lipinski definition) is 1. The smallest absolute Gasteiger partial charge is 0.278 e. The van der Waals surface area contributed by atoms with Gasteiger partial charge in [-0.25, -0.2) is 0 Å². The minimum Gasteiger partial charge on any atom is -0.326 e. The minimum absolute atomic E-state index is 0.0347. The van der Waals surface area contributed by atoms with E-state index < -0.39 is 0 Å². The number of aryl methyl sites for hydroxylation is 1. The SMILES string of the molecule is Cc1ccccc1C[NH+](C)CC(=O)N1CCS[C@@H]1c1ccccc1Cl. The van der Waals surface area contributed by atoms with Gasteiger partial charge in [0.05, 0.1) is 7.05 Å². The van der Waals surface area contributed by atoms with Crippen LogP contribution in [0.15, 0.2) is 48.5 Å². The number of likely N-dealkylation sites (N-methyl/N-ethyl adjacent to an activating group) is 1. The van der Waals surface area contributed by atoms with Crippen molar-refractivity contribution in [3.63, 3.8) is 0 Å². The van der Waals surface area contributed by atoms with Gasteiger partial charge >= 0.3 is 0 Å². The molecule has 2 aromatic carbocycles. The Bertz CT molecular complexity index is 752. The van der Waals surface area contributed by atoms with Crippen LogP contribution in [0.4, 0.5) is 0 Å². The van der Waals surface area contributed by atoms with Crippen LogP contribution in [-0.4, -0.2) is 36.7 Å². The topological polar surface area (TPSA) is 24.8 Å². The molecule has 2 atom stereocenters. The quantitative estimate of drug-likeness (QED) is 0.869. The lowest BCUT2D eigenvalue weighted by Crippen LogP contribution is -3.08. The molecule has 3 nitrogen and oxygen atoms in total. The van der Waals surface area contributed by atoms with Crippen LogP contribution in [0.3, 0.4) is 0 Å². The Hall–Kier alpha value is -1.49. The lowest BCUT2D eigenvalue weighted by Gasteiger charge is -2.26. The largest absolute Gasteiger partial charge is 0.326 e. The van der Waals surface area contributed by atoms with Crippen molar-refractivity contribution in [1.82, 2.24) is 4.90 Å². The molecule has 1 fully saturated rings. The Morgan fingerprint density at radius 1 is 1.24 bits per heavy atom. The van der Waals surface area contributed by atoms with Gasteiger partial charge in [0.2, 0.25) is 0 Å². The van der Waals surface area contributed by atoms with Gasteiger partial charge in [0.15, 0.2) is 6.54 Å². The number of hydrogen-bond acceptors (Lipinski definition) is 2. The second-order valence-corrected chi connectivity index (χ2v) is 8.16. The molecule has 1 aliphatic rings. The fraction of sp³-hybridized carbons (Fsp3) is 0.350. The van der Waals surface area contributed by atoms with Crippen LogP contribution in [0.25, 0.3) is 0 Å². The zero-order chi connectivity index (χ0) is 17.8. The van der Waals surface area contributed by atoms with E-state index in [1.54, 1.807) is 11.8 Å². The number of benzene rings is 2. The van der Waals surface area contributed by atoms with Gasteiger partial charge < -0.3 is 9.80 Å². The molecule has 1 saturated heterocycles. The third-order valence-corrected chi connectivity index (χ3v) is 6.18. The maximum absolute atomic E-state index is 12.9. The highest BCUT2D eigenvalue weighted by molar-refractivity contribution is 7.99. The number of carbonyl (C=O) groups is 1. The average molecular weight is 376 g/mol. The van der Waals surface area contributed by atoms with E-state index in [1.165, 1.54) is 16.0 Å². The summed E-state index contributed by atoms with van der Waals surface area (Å²) in [6.45, 7) is 4.26. The third kappa shape index (κ3) is 4.38. The first kappa shape index (κ1) is 18.3. The molecule has 132 valence electrons. The summed E-state index contributed by atoms with van der Waals surface area (Å²) in [5, 5.41) is 0.771. The molecule has 0 aromatic heterocycles. The molecule has 1 aliphatic heterocycles. The highest BCUT2D eigenvalue weighted by atomic mass is 35.5. The predicted octanol–water partition coefficient (Wildman–Crippen LogP) is 2.94. The van der Waals surface area contributed by atoms with Gasteiger partial charge in [-0.1, -0.05) is 54.1 Å². The first-order chi connectivity index (χ1) is 12.1. The summed E-state index contributed by atoms with van der Waals surface area (Å²) in [6.07, 6.45) is 0. The zero-order valence-electron chi connectivity index (χ0n) is 14.7. The third-order valence-electron chi connectivity index (χ3n) is 4.59. The summed E-state index contributed by atoms with van der Waals surface area (Å²) < 4.78 is 0. The Labute approximate surface area is 159 Å². The highest BCUT2D eigenvalue weighted by Crippen LogP contribution is 2.40. The van der Waals surface area contributed by atoms with E-state index in [4.69, 9.17) is 11.6 Å². The zero-order valence-corrected chi connectivity index (χ0v) is 16.2. The molecule has 1 amide bonds. The molecule has 25 heavy (non-hydrogen) atoms. The molecular weight excluding hydrogens is 352 g/mol. The van der Waals surface area contributed by atoms with Crippen LogP contribution in [0.1, 0.15) is 22.1 Å². The van der Waals surface area contributed by atoms with Crippen molar-refractivity contribution in [2.45, 2.75) is 18.8 Å². The number of nitrogens with zero attached hydrogens (tertiary/aromatic N) is 1. The van der Waals surface area contributed by atoms with E-state index in [0.29, 0.717) is 6.54 Å². The number of carbonyl (C=O) groups excluding carboxylic acids is 1. The molecule has 3 rings (SSSR count). The summed E-state index contributed by atoms with van der Waals surface area (Å²) in [5.74, 6) is 1.15. The molecule has 5 heteroatoms. The van der Waals surface area contributed by atoms with Crippen LogP contribution in [0, 0.1) is 6.92 Å². The fourth-order valence-corrected chi connectivity index (χ4v) is 4.83. The molecule has 0 saturated carbocycles. The molecule has 0 spiro atoms. The molecule has 1 heterocycles. The number of quaternary nitrogens is 1. The van der Waals surface area contributed by atoms with E-state index in [2.05, 4.69) is 38.2 Å². The lowest BCUT2D eigenvalue weighted by molar-refractivity contribution is -0.885. The van der Waals surface area contributed by atoms with Gasteiger partial charge in [-0.3, -0.25) is 4.79 Å². The predicted molar refractivity (Wildman–Crippen MR) is 105 cm³/mol. The highest BCUT2D eigenvalue weighted by Gasteiger charge is 2.33. The number of rotatable bonds is 5. The number of thioether (sulfide) groups is 1. The molecule has 0 bridgehead atoms. The summed E-state index contributed by atoms with van der Waals surface area (Å²) in [4.78, 5) is 16.1. The summed E-state index contributed by atoms with van der Waals surface area (Å²) in [5.41, 5.74) is 3.61. The summed E-state index contributed by atoms with van der Waals surface area (Å²) in [6, 6.07) is 16.2. The van der Waals surface area contributed by atoms with Crippen LogP contribution < -0.4 is 4.90 Å². The normalized spacial score (nSPS) is 18.4. The minimum atomic E-state index is 0.0347. The number of nitrogens with one attached hydrogen (secondary N) is 1. The summed E-state index contributed by atoms with van der Waals surface area (Å²) in [7, 11) is 2.08. The Morgan fingerprint density at radius 3 is 2.72 bits per heavy atom. The van der Waals surface area contributed by atoms with Crippen molar-refractivity contribution < 1.29 is 9.69 Å². The van der Waals surface area contributed by atoms with E-state index in [9.17, 15) is 4.79 Å². The molecular formula is C20H24ClN2OS+. The van der Waals surface area contributed by atoms with Crippen LogP contribution in [0.5, 0.6) is 0 Å². The van der Waals surface area contributed by atoms with E-state index in [-0.39, 0.29) is 11.3 Å². The Morgan fingerprint density at radius 2 is 1.96 bits per heavy atom. The van der Waals surface area contributed by atoms with Gasteiger partial charge in [-0.15, -0.1) is 11.8 Å². The van der Waals surface area contributed by atoms with Crippen molar-refractivity contribution in [1.29, 1.82) is 0 Å². The summed E-state index contributed by atoms with van der Waals surface area (Å²) >= 11 is 8.14. The maximum Gasteiger partial charge on any atom is 0.278 e. The lowest BCUT2D eigenvalue weighted by atomic mass is 10.1. The molecule has 2 aromatic rings. The second kappa shape index (κ2) is 8.26. The Kier molecular flexibility index (Phi) is 6.05. The number of amides is 1. The second-order valence-electron chi connectivity index (χ2n) is 6.57. The van der Waals surface area contributed by atoms with Gasteiger partial charge in [0, 0.05) is 28.4 Å².